The number of hydrogen-bond acceptors (Lipinski definition) is 9. The molecule has 0 aromatic heterocycles. The number of carbonyl (C=O) groups excluding carboxylic acids is 4. The van der Waals surface area contributed by atoms with Gasteiger partial charge in [-0.05, 0) is 98.5 Å². The van der Waals surface area contributed by atoms with Crippen LogP contribution in [-0.2, 0) is 18.9 Å². The first-order valence-electron chi connectivity index (χ1n) is 15.5. The molecule has 0 bridgehead atoms. The molecule has 0 unspecified atom stereocenters. The van der Waals surface area contributed by atoms with Crippen LogP contribution in [0, 0.1) is 0 Å². The quantitative estimate of drug-likeness (QED) is 0.105. The predicted octanol–water partition coefficient (Wildman–Crippen LogP) is 8.07. The number of esters is 4. The van der Waals surface area contributed by atoms with Gasteiger partial charge in [0.25, 0.3) is 0 Å². The van der Waals surface area contributed by atoms with Crippen molar-refractivity contribution in [3.8, 4) is 22.3 Å². The zero-order valence-corrected chi connectivity index (χ0v) is 26.7. The predicted molar refractivity (Wildman–Crippen MR) is 178 cm³/mol. The second-order valence-electron chi connectivity index (χ2n) is 10.3. The van der Waals surface area contributed by atoms with E-state index in [4.69, 9.17) is 18.9 Å². The van der Waals surface area contributed by atoms with Crippen LogP contribution >= 0.6 is 0 Å². The van der Waals surface area contributed by atoms with Crippen LogP contribution in [0.2, 0.25) is 0 Å². The van der Waals surface area contributed by atoms with Crippen molar-refractivity contribution in [1.82, 2.24) is 0 Å². The second-order valence-corrected chi connectivity index (χ2v) is 10.3. The molecule has 0 fully saturated rings. The number of para-hydroxylation sites is 1. The van der Waals surface area contributed by atoms with Crippen LogP contribution in [0.15, 0.2) is 91.0 Å². The second kappa shape index (κ2) is 14.6. The van der Waals surface area contributed by atoms with Gasteiger partial charge in [-0.1, -0.05) is 42.5 Å². The third-order valence-corrected chi connectivity index (χ3v) is 7.51. The molecule has 1 aromatic rings. The minimum atomic E-state index is -0.538. The summed E-state index contributed by atoms with van der Waals surface area (Å²) < 4.78 is 21.2. The molecule has 1 aromatic carbocycles. The molecule has 4 aliphatic carbocycles. The number of anilines is 3. The summed E-state index contributed by atoms with van der Waals surface area (Å²) in [5, 5.41) is 0. The number of benzene rings is 1. The Kier molecular flexibility index (Phi) is 10.2. The first-order chi connectivity index (χ1) is 22.8. The van der Waals surface area contributed by atoms with Crippen LogP contribution in [0.3, 0.4) is 0 Å². The van der Waals surface area contributed by atoms with E-state index in [1.54, 1.807) is 52.0 Å². The molecule has 0 atom stereocenters. The van der Waals surface area contributed by atoms with E-state index in [0.717, 1.165) is 5.69 Å². The molecule has 4 aliphatic rings. The van der Waals surface area contributed by atoms with Crippen LogP contribution in [0.4, 0.5) is 17.1 Å². The fraction of sp³-hybridized carbons (Fsp3) is 0.211. The lowest BCUT2D eigenvalue weighted by Crippen LogP contribution is -2.08. The number of rotatable bonds is 11. The van der Waals surface area contributed by atoms with Gasteiger partial charge in [0.05, 0.1) is 48.7 Å². The first kappa shape index (κ1) is 32.7. The average molecular weight is 634 g/mol. The number of ether oxygens (including phenoxy) is 4. The van der Waals surface area contributed by atoms with E-state index in [0.29, 0.717) is 33.6 Å². The van der Waals surface area contributed by atoms with Gasteiger partial charge in [-0.15, -0.1) is 0 Å². The molecular weight excluding hydrogens is 598 g/mol. The first-order valence-corrected chi connectivity index (χ1v) is 15.5. The third kappa shape index (κ3) is 6.65. The number of nitrogens with zero attached hydrogens (tertiary/aromatic N) is 1. The molecule has 5 rings (SSSR count). The van der Waals surface area contributed by atoms with Crippen molar-refractivity contribution in [1.29, 1.82) is 0 Å². The van der Waals surface area contributed by atoms with Gasteiger partial charge >= 0.3 is 23.9 Å². The molecule has 0 aliphatic heterocycles. The van der Waals surface area contributed by atoms with E-state index in [-0.39, 0.29) is 48.7 Å². The van der Waals surface area contributed by atoms with E-state index < -0.39 is 23.9 Å². The van der Waals surface area contributed by atoms with Crippen molar-refractivity contribution >= 4 is 40.9 Å². The summed E-state index contributed by atoms with van der Waals surface area (Å²) in [4.78, 5) is 53.7. The minimum Gasteiger partial charge on any atom is -0.462 e. The van der Waals surface area contributed by atoms with Crippen LogP contribution in [-0.4, -0.2) is 50.3 Å². The molecule has 240 valence electrons. The Labute approximate surface area is 273 Å². The summed E-state index contributed by atoms with van der Waals surface area (Å²) in [6, 6.07) is 27.2. The fourth-order valence-corrected chi connectivity index (χ4v) is 5.52. The highest BCUT2D eigenvalue weighted by Gasteiger charge is 2.27. The molecule has 9 nitrogen and oxygen atoms in total. The van der Waals surface area contributed by atoms with Crippen LogP contribution in [0.1, 0.15) is 69.1 Å². The Balaban J connectivity index is 1.72. The Bertz CT molecular complexity index is 1640. The van der Waals surface area contributed by atoms with Crippen molar-refractivity contribution < 1.29 is 38.1 Å². The molecule has 0 saturated carbocycles. The molecule has 0 radical (unpaired) electrons. The van der Waals surface area contributed by atoms with E-state index in [2.05, 4.69) is 0 Å². The van der Waals surface area contributed by atoms with Gasteiger partial charge in [0.1, 0.15) is 0 Å². The van der Waals surface area contributed by atoms with Crippen molar-refractivity contribution in [3.63, 3.8) is 0 Å². The average Bonchev–Trinajstić information content (AvgIpc) is 3.45. The maximum atomic E-state index is 12.9. The smallest absolute Gasteiger partial charge is 0.338 e. The monoisotopic (exact) mass is 633 g/mol. The molecule has 0 spiro atoms. The van der Waals surface area contributed by atoms with Crippen LogP contribution < -0.4 is 4.90 Å². The van der Waals surface area contributed by atoms with Gasteiger partial charge in [-0.3, -0.25) is 0 Å². The van der Waals surface area contributed by atoms with Crippen molar-refractivity contribution in [2.75, 3.05) is 31.3 Å². The highest BCUT2D eigenvalue weighted by atomic mass is 16.5. The minimum absolute atomic E-state index is 0.184. The topological polar surface area (TPSA) is 108 Å². The Morgan fingerprint density at radius 3 is 0.979 bits per heavy atom. The molecule has 9 heteroatoms. The summed E-state index contributed by atoms with van der Waals surface area (Å²) in [5.74, 6) is -2.15. The Hall–Kier alpha value is -5.70. The van der Waals surface area contributed by atoms with E-state index in [1.165, 1.54) is 12.1 Å². The van der Waals surface area contributed by atoms with Gasteiger partial charge in [0, 0.05) is 17.1 Å². The molecule has 0 heterocycles. The molecule has 0 amide bonds. The van der Waals surface area contributed by atoms with E-state index >= 15 is 0 Å². The zero-order chi connectivity index (χ0) is 33.5. The lowest BCUT2D eigenvalue weighted by molar-refractivity contribution is 0.0511. The normalized spacial score (nSPS) is 10.8. The maximum absolute atomic E-state index is 12.9. The fourth-order valence-electron chi connectivity index (χ4n) is 5.52. The van der Waals surface area contributed by atoms with E-state index in [9.17, 15) is 19.2 Å². The summed E-state index contributed by atoms with van der Waals surface area (Å²) in [6.07, 6.45) is 0. The molecule has 0 N–H and O–H groups in total. The van der Waals surface area contributed by atoms with Crippen molar-refractivity contribution in [3.05, 3.63) is 113 Å². The summed E-state index contributed by atoms with van der Waals surface area (Å²) in [7, 11) is 0. The summed E-state index contributed by atoms with van der Waals surface area (Å²) >= 11 is 0. The lowest BCUT2D eigenvalue weighted by atomic mass is 10.1. The van der Waals surface area contributed by atoms with Gasteiger partial charge in [-0.25, -0.2) is 19.2 Å². The third-order valence-electron chi connectivity index (χ3n) is 7.51. The van der Waals surface area contributed by atoms with Crippen LogP contribution in [0.25, 0.3) is 22.3 Å². The van der Waals surface area contributed by atoms with Crippen molar-refractivity contribution in [2.45, 2.75) is 27.7 Å². The highest BCUT2D eigenvalue weighted by Crippen LogP contribution is 2.40. The Morgan fingerprint density at radius 2 is 0.702 bits per heavy atom. The molecule has 47 heavy (non-hydrogen) atoms. The number of fused-ring (bicyclic) bond motifs is 2. The Morgan fingerprint density at radius 1 is 0.426 bits per heavy atom. The maximum Gasteiger partial charge on any atom is 0.338 e. The molecule has 0 saturated heterocycles. The summed E-state index contributed by atoms with van der Waals surface area (Å²) in [6.45, 7) is 7.62. The van der Waals surface area contributed by atoms with Gasteiger partial charge < -0.3 is 23.8 Å². The standard InChI is InChI=1S/C38H35NO8/c1-5-44-35(40)31-22-32(36(41)45-6-2)28-19-15-25(14-18-27(28)31)39(24-12-10-9-11-13-24)26-16-20-29-30(21-17-26)34(38(43)47-8-4)23-33(29)37(42)46-7-3/h9-23H,5-8H2,1-4H3. The lowest BCUT2D eigenvalue weighted by Gasteiger charge is -2.24. The number of hydrogen-bond donors (Lipinski definition) is 0. The van der Waals surface area contributed by atoms with Crippen LogP contribution in [0.5, 0.6) is 0 Å². The largest absolute Gasteiger partial charge is 0.462 e. The van der Waals surface area contributed by atoms with Gasteiger partial charge in [-0.2, -0.15) is 0 Å². The highest BCUT2D eigenvalue weighted by molar-refractivity contribution is 6.09. The number of carbonyl (C=O) groups is 4. The van der Waals surface area contributed by atoms with Gasteiger partial charge in [0.15, 0.2) is 0 Å². The molecular formula is C38H35NO8. The van der Waals surface area contributed by atoms with E-state index in [1.807, 2.05) is 59.5 Å². The van der Waals surface area contributed by atoms with Crippen molar-refractivity contribution in [2.24, 2.45) is 0 Å². The SMILES string of the molecule is CCOC(=O)c1cc(C(=O)OCC)c2ccc(N(c3ccccc3)c3ccc4c(C(=O)OCC)cc(C(=O)OCC)c-4cc3)ccc1-2. The summed E-state index contributed by atoms with van der Waals surface area (Å²) in [5.41, 5.74) is 5.46. The zero-order valence-electron chi connectivity index (χ0n) is 26.7. The van der Waals surface area contributed by atoms with Gasteiger partial charge in [0.2, 0.25) is 0 Å².